The highest BCUT2D eigenvalue weighted by molar-refractivity contribution is 9.10. The molecule has 6 heteroatoms. The van der Waals surface area contributed by atoms with Crippen molar-refractivity contribution < 1.29 is 14.3 Å². The average Bonchev–Trinajstić information content (AvgIpc) is 2.47. The Morgan fingerprint density at radius 1 is 1.24 bits per heavy atom. The van der Waals surface area contributed by atoms with Crippen LogP contribution in [0.25, 0.3) is 0 Å². The zero-order valence-corrected chi connectivity index (χ0v) is 14.7. The molecule has 0 fully saturated rings. The van der Waals surface area contributed by atoms with Gasteiger partial charge in [0.1, 0.15) is 0 Å². The largest absolute Gasteiger partial charge is 0.466 e. The first kappa shape index (κ1) is 18.0. The minimum Gasteiger partial charge on any atom is -0.466 e. The van der Waals surface area contributed by atoms with Crippen molar-refractivity contribution in [2.45, 2.75) is 24.7 Å². The molecule has 0 unspecified atom stereocenters. The fourth-order valence-electron chi connectivity index (χ4n) is 1.59. The summed E-state index contributed by atoms with van der Waals surface area (Å²) in [5, 5.41) is 0. The van der Waals surface area contributed by atoms with Gasteiger partial charge in [-0.15, -0.1) is 11.8 Å². The maximum Gasteiger partial charge on any atom is 0.307 e. The molecule has 1 aromatic carbocycles. The van der Waals surface area contributed by atoms with E-state index in [1.165, 1.54) is 0 Å². The van der Waals surface area contributed by atoms with Gasteiger partial charge in [-0.3, -0.25) is 9.59 Å². The van der Waals surface area contributed by atoms with Crippen LogP contribution in [0, 0.1) is 0 Å². The molecule has 0 bridgehead atoms. The normalized spacial score (nSPS) is 10.2. The molecule has 0 aromatic heterocycles. The van der Waals surface area contributed by atoms with Crippen LogP contribution in [0.15, 0.2) is 33.6 Å². The van der Waals surface area contributed by atoms with Crippen molar-refractivity contribution in [1.29, 1.82) is 0 Å². The SMILES string of the molecule is CCOC(=O)CCN(C)C(=O)CCSc1ccc(Br)cc1. The highest BCUT2D eigenvalue weighted by Gasteiger charge is 2.11. The molecule has 1 amide bonds. The molecule has 0 aliphatic carbocycles. The summed E-state index contributed by atoms with van der Waals surface area (Å²) >= 11 is 5.04. The van der Waals surface area contributed by atoms with Gasteiger partial charge in [0.2, 0.25) is 5.91 Å². The zero-order chi connectivity index (χ0) is 15.7. The Kier molecular flexibility index (Phi) is 8.45. The van der Waals surface area contributed by atoms with E-state index in [4.69, 9.17) is 4.74 Å². The van der Waals surface area contributed by atoms with Gasteiger partial charge in [0.05, 0.1) is 13.0 Å². The molecule has 0 radical (unpaired) electrons. The number of thioether (sulfide) groups is 1. The number of halogens is 1. The Hall–Kier alpha value is -1.01. The predicted octanol–water partition coefficient (Wildman–Crippen LogP) is 3.34. The maximum absolute atomic E-state index is 11.9. The van der Waals surface area contributed by atoms with Gasteiger partial charge >= 0.3 is 5.97 Å². The molecule has 0 N–H and O–H groups in total. The summed E-state index contributed by atoms with van der Waals surface area (Å²) in [7, 11) is 1.71. The minimum absolute atomic E-state index is 0.0453. The number of carbonyl (C=O) groups is 2. The van der Waals surface area contributed by atoms with Crippen LogP contribution in [0.2, 0.25) is 0 Å². The molecule has 0 spiro atoms. The fourth-order valence-corrected chi connectivity index (χ4v) is 2.70. The van der Waals surface area contributed by atoms with E-state index in [9.17, 15) is 9.59 Å². The molecule has 0 heterocycles. The summed E-state index contributed by atoms with van der Waals surface area (Å²) in [5.74, 6) is 0.509. The molecule has 21 heavy (non-hydrogen) atoms. The van der Waals surface area contributed by atoms with Crippen LogP contribution in [-0.4, -0.2) is 42.7 Å². The van der Waals surface area contributed by atoms with Gasteiger partial charge in [0.15, 0.2) is 0 Å². The Morgan fingerprint density at radius 3 is 2.52 bits per heavy atom. The summed E-state index contributed by atoms with van der Waals surface area (Å²) in [5.41, 5.74) is 0. The maximum atomic E-state index is 11.9. The number of rotatable bonds is 8. The quantitative estimate of drug-likeness (QED) is 0.517. The number of hydrogen-bond donors (Lipinski definition) is 0. The molecule has 1 rings (SSSR count). The Labute approximate surface area is 138 Å². The Bertz CT molecular complexity index is 464. The molecule has 116 valence electrons. The molecule has 0 atom stereocenters. The van der Waals surface area contributed by atoms with E-state index in [2.05, 4.69) is 15.9 Å². The standard InChI is InChI=1S/C15H20BrNO3S/c1-3-20-15(19)8-10-17(2)14(18)9-11-21-13-6-4-12(16)5-7-13/h4-7H,3,8-11H2,1-2H3. The molecule has 0 aliphatic rings. The van der Waals surface area contributed by atoms with Crippen LogP contribution in [0.5, 0.6) is 0 Å². The van der Waals surface area contributed by atoms with Gasteiger partial charge < -0.3 is 9.64 Å². The number of esters is 1. The topological polar surface area (TPSA) is 46.6 Å². The van der Waals surface area contributed by atoms with Crippen molar-refractivity contribution in [3.8, 4) is 0 Å². The van der Waals surface area contributed by atoms with Crippen LogP contribution < -0.4 is 0 Å². The molecule has 1 aromatic rings. The summed E-state index contributed by atoms with van der Waals surface area (Å²) in [6.45, 7) is 2.55. The third kappa shape index (κ3) is 7.52. The van der Waals surface area contributed by atoms with Gasteiger partial charge in [0.25, 0.3) is 0 Å². The lowest BCUT2D eigenvalue weighted by atomic mass is 10.3. The van der Waals surface area contributed by atoms with Crippen molar-refractivity contribution in [2.75, 3.05) is 26.0 Å². The van der Waals surface area contributed by atoms with E-state index in [0.717, 1.165) is 15.1 Å². The number of amides is 1. The van der Waals surface area contributed by atoms with E-state index >= 15 is 0 Å². The molecular formula is C15H20BrNO3S. The first-order chi connectivity index (χ1) is 10.0. The van der Waals surface area contributed by atoms with E-state index < -0.39 is 0 Å². The van der Waals surface area contributed by atoms with E-state index in [1.54, 1.807) is 30.6 Å². The monoisotopic (exact) mass is 373 g/mol. The second kappa shape index (κ2) is 9.84. The van der Waals surface area contributed by atoms with Crippen LogP contribution >= 0.6 is 27.7 Å². The summed E-state index contributed by atoms with van der Waals surface area (Å²) in [6.07, 6.45) is 0.704. The van der Waals surface area contributed by atoms with E-state index in [1.807, 2.05) is 24.3 Å². The molecule has 4 nitrogen and oxygen atoms in total. The average molecular weight is 374 g/mol. The van der Waals surface area contributed by atoms with Crippen LogP contribution in [-0.2, 0) is 14.3 Å². The van der Waals surface area contributed by atoms with E-state index in [-0.39, 0.29) is 18.3 Å². The first-order valence-electron chi connectivity index (χ1n) is 6.81. The van der Waals surface area contributed by atoms with Crippen LogP contribution in [0.1, 0.15) is 19.8 Å². The van der Waals surface area contributed by atoms with Gasteiger partial charge in [0, 0.05) is 35.1 Å². The second-order valence-corrected chi connectivity index (χ2v) is 6.51. The fraction of sp³-hybridized carbons (Fsp3) is 0.467. The number of ether oxygens (including phenoxy) is 1. The third-order valence-electron chi connectivity index (χ3n) is 2.78. The van der Waals surface area contributed by atoms with Gasteiger partial charge in [-0.05, 0) is 31.2 Å². The molecular weight excluding hydrogens is 354 g/mol. The summed E-state index contributed by atoms with van der Waals surface area (Å²) in [6, 6.07) is 8.00. The lowest BCUT2D eigenvalue weighted by Gasteiger charge is -2.16. The molecule has 0 saturated carbocycles. The number of carbonyl (C=O) groups excluding carboxylic acids is 2. The predicted molar refractivity (Wildman–Crippen MR) is 88.4 cm³/mol. The van der Waals surface area contributed by atoms with Gasteiger partial charge in [-0.25, -0.2) is 0 Å². The first-order valence-corrected chi connectivity index (χ1v) is 8.58. The summed E-state index contributed by atoms with van der Waals surface area (Å²) in [4.78, 5) is 25.9. The molecule has 0 aliphatic heterocycles. The van der Waals surface area contributed by atoms with Crippen molar-refractivity contribution in [1.82, 2.24) is 4.90 Å². The number of hydrogen-bond acceptors (Lipinski definition) is 4. The summed E-state index contributed by atoms with van der Waals surface area (Å²) < 4.78 is 5.88. The van der Waals surface area contributed by atoms with Crippen LogP contribution in [0.4, 0.5) is 0 Å². The zero-order valence-electron chi connectivity index (χ0n) is 12.3. The smallest absolute Gasteiger partial charge is 0.307 e. The highest BCUT2D eigenvalue weighted by Crippen LogP contribution is 2.21. The highest BCUT2D eigenvalue weighted by atomic mass is 79.9. The molecule has 0 saturated heterocycles. The van der Waals surface area contributed by atoms with Crippen molar-refractivity contribution in [3.05, 3.63) is 28.7 Å². The second-order valence-electron chi connectivity index (χ2n) is 4.42. The van der Waals surface area contributed by atoms with E-state index in [0.29, 0.717) is 19.6 Å². The minimum atomic E-state index is -0.263. The van der Waals surface area contributed by atoms with Gasteiger partial charge in [-0.2, -0.15) is 0 Å². The number of nitrogens with zero attached hydrogens (tertiary/aromatic N) is 1. The van der Waals surface area contributed by atoms with Crippen LogP contribution in [0.3, 0.4) is 0 Å². The van der Waals surface area contributed by atoms with Gasteiger partial charge in [-0.1, -0.05) is 15.9 Å². The Balaban J connectivity index is 2.23. The van der Waals surface area contributed by atoms with Crippen molar-refractivity contribution in [3.63, 3.8) is 0 Å². The Morgan fingerprint density at radius 2 is 1.90 bits per heavy atom. The lowest BCUT2D eigenvalue weighted by Crippen LogP contribution is -2.29. The van der Waals surface area contributed by atoms with Crippen molar-refractivity contribution >= 4 is 39.6 Å². The van der Waals surface area contributed by atoms with Crippen molar-refractivity contribution in [2.24, 2.45) is 0 Å². The third-order valence-corrected chi connectivity index (χ3v) is 4.32. The lowest BCUT2D eigenvalue weighted by molar-refractivity contribution is -0.143. The number of benzene rings is 1.